The summed E-state index contributed by atoms with van der Waals surface area (Å²) in [6.07, 6.45) is 0.673. The van der Waals surface area contributed by atoms with Crippen LogP contribution in [0.15, 0.2) is 79.0 Å². The molecule has 1 atom stereocenters. The van der Waals surface area contributed by atoms with E-state index in [4.69, 9.17) is 9.47 Å². The van der Waals surface area contributed by atoms with Gasteiger partial charge in [0.15, 0.2) is 0 Å². The van der Waals surface area contributed by atoms with Crippen LogP contribution in [-0.2, 0) is 11.3 Å². The van der Waals surface area contributed by atoms with Crippen LogP contribution in [0.4, 0.5) is 10.5 Å². The second-order valence-corrected chi connectivity index (χ2v) is 7.40. The van der Waals surface area contributed by atoms with Crippen LogP contribution in [0.25, 0.3) is 10.9 Å². The van der Waals surface area contributed by atoms with E-state index in [0.29, 0.717) is 11.3 Å². The molecule has 1 aromatic heterocycles. The van der Waals surface area contributed by atoms with Crippen molar-refractivity contribution in [3.8, 4) is 11.5 Å². The highest BCUT2D eigenvalue weighted by Crippen LogP contribution is 2.39. The molecule has 2 N–H and O–H groups in total. The Morgan fingerprint density at radius 3 is 2.53 bits per heavy atom. The molecule has 0 bridgehead atoms. The number of aromatic hydroxyl groups is 1. The molecule has 1 unspecified atom stereocenters. The van der Waals surface area contributed by atoms with Crippen LogP contribution in [0.1, 0.15) is 22.7 Å². The fourth-order valence-corrected chi connectivity index (χ4v) is 3.62. The van der Waals surface area contributed by atoms with E-state index < -0.39 is 17.1 Å². The van der Waals surface area contributed by atoms with Crippen LogP contribution in [0.5, 0.6) is 11.5 Å². The molecule has 0 radical (unpaired) electrons. The second-order valence-electron chi connectivity index (χ2n) is 7.40. The van der Waals surface area contributed by atoms with Crippen molar-refractivity contribution < 1.29 is 24.3 Å². The van der Waals surface area contributed by atoms with Gasteiger partial charge in [0.25, 0.3) is 5.69 Å². The number of amides is 1. The first kappa shape index (κ1) is 22.5. The monoisotopic (exact) mass is 459 g/mol. The SMILES string of the molecule is COc1ccc(C(NC(=O)OCc2ccccc2)c2cc([N+](=O)[O-])c3cccnc3c2O)cc1. The van der Waals surface area contributed by atoms with E-state index >= 15 is 0 Å². The van der Waals surface area contributed by atoms with Crippen molar-refractivity contribution in [2.45, 2.75) is 12.6 Å². The summed E-state index contributed by atoms with van der Waals surface area (Å²) in [6, 6.07) is 19.2. The third-order valence-electron chi connectivity index (χ3n) is 5.31. The number of nitrogens with one attached hydrogen (secondary N) is 1. The number of fused-ring (bicyclic) bond motifs is 1. The predicted octanol–water partition coefficient (Wildman–Crippen LogP) is 4.87. The summed E-state index contributed by atoms with van der Waals surface area (Å²) in [4.78, 5) is 28.0. The number of carbonyl (C=O) groups excluding carboxylic acids is 1. The van der Waals surface area contributed by atoms with Crippen molar-refractivity contribution in [3.05, 3.63) is 106 Å². The molecule has 0 fully saturated rings. The summed E-state index contributed by atoms with van der Waals surface area (Å²) in [7, 11) is 1.52. The first-order chi connectivity index (χ1) is 16.5. The summed E-state index contributed by atoms with van der Waals surface area (Å²) in [5.74, 6) is 0.315. The van der Waals surface area contributed by atoms with Crippen LogP contribution >= 0.6 is 0 Å². The molecule has 0 saturated heterocycles. The molecule has 0 aliphatic heterocycles. The third-order valence-corrected chi connectivity index (χ3v) is 5.31. The lowest BCUT2D eigenvalue weighted by molar-refractivity contribution is -0.383. The molecule has 9 nitrogen and oxygen atoms in total. The van der Waals surface area contributed by atoms with Crippen LogP contribution in [0.3, 0.4) is 0 Å². The summed E-state index contributed by atoms with van der Waals surface area (Å²) in [5.41, 5.74) is 1.28. The minimum absolute atomic E-state index is 0.0351. The number of rotatable bonds is 7. The average Bonchev–Trinajstić information content (AvgIpc) is 2.87. The zero-order valence-corrected chi connectivity index (χ0v) is 18.2. The van der Waals surface area contributed by atoms with E-state index in [1.807, 2.05) is 30.3 Å². The number of nitrogens with zero attached hydrogens (tertiary/aromatic N) is 2. The predicted molar refractivity (Wildman–Crippen MR) is 125 cm³/mol. The maximum absolute atomic E-state index is 12.7. The zero-order chi connectivity index (χ0) is 24.1. The molecule has 0 aliphatic carbocycles. The first-order valence-electron chi connectivity index (χ1n) is 10.3. The van der Waals surface area contributed by atoms with Gasteiger partial charge in [0.05, 0.1) is 23.5 Å². The molecule has 9 heteroatoms. The Labute approximate surface area is 194 Å². The highest BCUT2D eigenvalue weighted by Gasteiger charge is 2.27. The lowest BCUT2D eigenvalue weighted by Crippen LogP contribution is -2.30. The molecule has 0 spiro atoms. The highest BCUT2D eigenvalue weighted by molar-refractivity contribution is 5.93. The average molecular weight is 459 g/mol. The number of methoxy groups -OCH3 is 1. The number of phenols is 1. The van der Waals surface area contributed by atoms with Crippen molar-refractivity contribution in [3.63, 3.8) is 0 Å². The standard InChI is InChI=1S/C25H21N3O6/c1-33-18-11-9-17(10-12-18)22(27-25(30)34-15-16-6-3-2-4-7-16)20-14-21(28(31)32)19-8-5-13-26-23(19)24(20)29/h2-14,22,29H,15H2,1H3,(H,27,30). The van der Waals surface area contributed by atoms with Gasteiger partial charge in [0, 0.05) is 17.8 Å². The van der Waals surface area contributed by atoms with Crippen LogP contribution in [-0.4, -0.2) is 28.2 Å². The first-order valence-corrected chi connectivity index (χ1v) is 10.3. The van der Waals surface area contributed by atoms with Gasteiger partial charge in [-0.1, -0.05) is 42.5 Å². The van der Waals surface area contributed by atoms with Gasteiger partial charge in [-0.05, 0) is 35.4 Å². The lowest BCUT2D eigenvalue weighted by atomic mass is 9.95. The van der Waals surface area contributed by atoms with E-state index in [2.05, 4.69) is 10.3 Å². The molecule has 34 heavy (non-hydrogen) atoms. The molecule has 4 rings (SSSR count). The molecule has 1 amide bonds. The number of pyridine rings is 1. The number of aromatic nitrogens is 1. The number of hydrogen-bond acceptors (Lipinski definition) is 7. The Morgan fingerprint density at radius 2 is 1.85 bits per heavy atom. The smallest absolute Gasteiger partial charge is 0.408 e. The van der Waals surface area contributed by atoms with Crippen LogP contribution < -0.4 is 10.1 Å². The number of phenolic OH excluding ortho intramolecular Hbond substituents is 1. The Bertz CT molecular complexity index is 1330. The van der Waals surface area contributed by atoms with Gasteiger partial charge in [0.2, 0.25) is 0 Å². The summed E-state index contributed by atoms with van der Waals surface area (Å²) in [6.45, 7) is 0.0351. The van der Waals surface area contributed by atoms with E-state index in [1.165, 1.54) is 25.4 Å². The van der Waals surface area contributed by atoms with Crippen molar-refractivity contribution in [1.29, 1.82) is 0 Å². The molecule has 0 saturated carbocycles. The van der Waals surface area contributed by atoms with E-state index in [0.717, 1.165) is 5.56 Å². The third kappa shape index (κ3) is 4.73. The van der Waals surface area contributed by atoms with E-state index in [-0.39, 0.29) is 34.5 Å². The Kier molecular flexibility index (Phi) is 6.54. The second kappa shape index (κ2) is 9.86. The Balaban J connectivity index is 1.75. The molecule has 3 aromatic carbocycles. The van der Waals surface area contributed by atoms with Crippen molar-refractivity contribution in [1.82, 2.24) is 10.3 Å². The van der Waals surface area contributed by atoms with E-state index in [9.17, 15) is 20.0 Å². The Hall–Kier alpha value is -4.66. The number of ether oxygens (including phenoxy) is 2. The van der Waals surface area contributed by atoms with Crippen molar-refractivity contribution >= 4 is 22.7 Å². The number of alkyl carbamates (subject to hydrolysis) is 1. The molecular weight excluding hydrogens is 438 g/mol. The quantitative estimate of drug-likeness (QED) is 0.298. The summed E-state index contributed by atoms with van der Waals surface area (Å²) < 4.78 is 10.5. The molecule has 4 aromatic rings. The van der Waals surface area contributed by atoms with Crippen molar-refractivity contribution in [2.24, 2.45) is 0 Å². The van der Waals surface area contributed by atoms with Gasteiger partial charge in [-0.15, -0.1) is 0 Å². The molecule has 172 valence electrons. The number of hydrogen-bond donors (Lipinski definition) is 2. The molecular formula is C25H21N3O6. The fraction of sp³-hybridized carbons (Fsp3) is 0.120. The van der Waals surface area contributed by atoms with Gasteiger partial charge < -0.3 is 19.9 Å². The Morgan fingerprint density at radius 1 is 1.12 bits per heavy atom. The molecule has 1 heterocycles. The number of nitro benzene ring substituents is 1. The number of carbonyl (C=O) groups is 1. The minimum Gasteiger partial charge on any atom is -0.505 e. The maximum atomic E-state index is 12.7. The highest BCUT2D eigenvalue weighted by atomic mass is 16.6. The minimum atomic E-state index is -0.959. The number of non-ortho nitro benzene ring substituents is 1. The number of nitro groups is 1. The summed E-state index contributed by atoms with van der Waals surface area (Å²) >= 11 is 0. The fourth-order valence-electron chi connectivity index (χ4n) is 3.62. The van der Waals surface area contributed by atoms with Gasteiger partial charge in [-0.3, -0.25) is 15.1 Å². The molecule has 0 aliphatic rings. The van der Waals surface area contributed by atoms with Gasteiger partial charge in [0.1, 0.15) is 23.6 Å². The van der Waals surface area contributed by atoms with Crippen LogP contribution in [0.2, 0.25) is 0 Å². The van der Waals surface area contributed by atoms with Crippen molar-refractivity contribution in [2.75, 3.05) is 7.11 Å². The largest absolute Gasteiger partial charge is 0.505 e. The van der Waals surface area contributed by atoms with E-state index in [1.54, 1.807) is 30.3 Å². The van der Waals surface area contributed by atoms with Crippen LogP contribution in [0, 0.1) is 10.1 Å². The normalized spacial score (nSPS) is 11.6. The van der Waals surface area contributed by atoms with Gasteiger partial charge in [-0.2, -0.15) is 0 Å². The number of benzene rings is 3. The zero-order valence-electron chi connectivity index (χ0n) is 18.2. The van der Waals surface area contributed by atoms with Gasteiger partial charge >= 0.3 is 6.09 Å². The summed E-state index contributed by atoms with van der Waals surface area (Å²) in [5, 5.41) is 25.7. The maximum Gasteiger partial charge on any atom is 0.408 e. The lowest BCUT2D eigenvalue weighted by Gasteiger charge is -2.21. The topological polar surface area (TPSA) is 124 Å². The van der Waals surface area contributed by atoms with Gasteiger partial charge in [-0.25, -0.2) is 4.79 Å².